The molecule has 2 heteroatoms. The highest BCUT2D eigenvalue weighted by Crippen LogP contribution is 2.53. The van der Waals surface area contributed by atoms with Gasteiger partial charge in [-0.2, -0.15) is 0 Å². The summed E-state index contributed by atoms with van der Waals surface area (Å²) < 4.78 is 0. The lowest BCUT2D eigenvalue weighted by Crippen LogP contribution is -2.33. The maximum atomic E-state index is 12.8. The number of hydrogen-bond acceptors (Lipinski definition) is 2. The van der Waals surface area contributed by atoms with Gasteiger partial charge in [-0.3, -0.25) is 9.59 Å². The molecule has 0 saturated heterocycles. The second-order valence-electron chi connectivity index (χ2n) is 5.42. The first-order valence-electron chi connectivity index (χ1n) is 6.62. The van der Waals surface area contributed by atoms with Crippen LogP contribution in [0.4, 0.5) is 0 Å². The quantitative estimate of drug-likeness (QED) is 0.681. The van der Waals surface area contributed by atoms with Crippen molar-refractivity contribution in [2.24, 2.45) is 5.41 Å². The molecule has 0 saturated carbocycles. The molecule has 0 aromatic heterocycles. The number of fused-ring (bicyclic) bond motifs is 2. The predicted octanol–water partition coefficient (Wildman–Crippen LogP) is 3.32. The van der Waals surface area contributed by atoms with Gasteiger partial charge >= 0.3 is 0 Å². The summed E-state index contributed by atoms with van der Waals surface area (Å²) in [5.74, 6) is -0.196. The Kier molecular flexibility index (Phi) is 2.01. The number of rotatable bonds is 0. The fraction of sp³-hybridized carbons (Fsp3) is 0.111. The van der Waals surface area contributed by atoms with Crippen LogP contribution in [0.5, 0.6) is 0 Å². The molecule has 2 aliphatic rings. The van der Waals surface area contributed by atoms with Gasteiger partial charge in [0.15, 0.2) is 11.6 Å². The van der Waals surface area contributed by atoms with Crippen LogP contribution in [0.25, 0.3) is 5.57 Å². The normalized spacial score (nSPS) is 18.5. The van der Waals surface area contributed by atoms with Gasteiger partial charge in [-0.1, -0.05) is 55.1 Å². The number of allylic oxidation sites excluding steroid dienone is 1. The van der Waals surface area contributed by atoms with Gasteiger partial charge < -0.3 is 0 Å². The minimum Gasteiger partial charge on any atom is -0.293 e. The second-order valence-corrected chi connectivity index (χ2v) is 5.42. The van der Waals surface area contributed by atoms with Gasteiger partial charge in [-0.05, 0) is 23.1 Å². The summed E-state index contributed by atoms with van der Waals surface area (Å²) in [5, 5.41) is 0. The zero-order chi connectivity index (χ0) is 13.9. The molecule has 1 spiro atoms. The molecule has 2 nitrogen and oxygen atoms in total. The Morgan fingerprint density at radius 1 is 0.800 bits per heavy atom. The maximum absolute atomic E-state index is 12.8. The van der Waals surface area contributed by atoms with Crippen molar-refractivity contribution in [2.45, 2.75) is 6.42 Å². The van der Waals surface area contributed by atoms with Crippen molar-refractivity contribution in [3.05, 3.63) is 77.4 Å². The van der Waals surface area contributed by atoms with E-state index in [1.54, 1.807) is 24.3 Å². The minimum atomic E-state index is -1.09. The lowest BCUT2D eigenvalue weighted by atomic mass is 9.77. The number of carbonyl (C=O) groups excluding carboxylic acids is 2. The fourth-order valence-electron chi connectivity index (χ4n) is 3.47. The molecule has 2 aromatic carbocycles. The smallest absolute Gasteiger partial charge is 0.182 e. The van der Waals surface area contributed by atoms with Crippen molar-refractivity contribution in [2.75, 3.05) is 0 Å². The van der Waals surface area contributed by atoms with E-state index < -0.39 is 5.41 Å². The Morgan fingerprint density at radius 3 is 1.85 bits per heavy atom. The van der Waals surface area contributed by atoms with Crippen molar-refractivity contribution in [3.8, 4) is 0 Å². The van der Waals surface area contributed by atoms with E-state index in [2.05, 4.69) is 6.58 Å². The zero-order valence-corrected chi connectivity index (χ0v) is 10.8. The molecule has 0 heterocycles. The summed E-state index contributed by atoms with van der Waals surface area (Å²) >= 11 is 0. The van der Waals surface area contributed by atoms with Gasteiger partial charge in [0.2, 0.25) is 0 Å². The Balaban J connectivity index is 1.97. The monoisotopic (exact) mass is 260 g/mol. The number of benzene rings is 2. The summed E-state index contributed by atoms with van der Waals surface area (Å²) in [6.45, 7) is 4.07. The first-order chi connectivity index (χ1) is 9.66. The number of Topliss-reactive ketones (excluding diaryl/α,β-unsaturated/α-hetero) is 2. The molecule has 0 unspecified atom stereocenters. The van der Waals surface area contributed by atoms with E-state index >= 15 is 0 Å². The third-order valence-electron chi connectivity index (χ3n) is 4.50. The number of ketones is 2. The van der Waals surface area contributed by atoms with Crippen molar-refractivity contribution in [3.63, 3.8) is 0 Å². The lowest BCUT2D eigenvalue weighted by Gasteiger charge is -2.20. The van der Waals surface area contributed by atoms with E-state index in [-0.39, 0.29) is 11.6 Å². The van der Waals surface area contributed by atoms with Crippen molar-refractivity contribution in [1.82, 2.24) is 0 Å². The molecule has 0 amide bonds. The second kappa shape index (κ2) is 3.54. The van der Waals surface area contributed by atoms with Gasteiger partial charge in [0, 0.05) is 11.1 Å². The molecule has 0 N–H and O–H groups in total. The van der Waals surface area contributed by atoms with Crippen LogP contribution >= 0.6 is 0 Å². The van der Waals surface area contributed by atoms with Crippen LogP contribution in [0.2, 0.25) is 0 Å². The van der Waals surface area contributed by atoms with Crippen LogP contribution in [-0.2, 0) is 6.42 Å². The largest absolute Gasteiger partial charge is 0.293 e. The highest BCUT2D eigenvalue weighted by Gasteiger charge is 2.57. The lowest BCUT2D eigenvalue weighted by molar-refractivity contribution is 0.0778. The molecule has 4 rings (SSSR count). The molecule has 2 aromatic rings. The Morgan fingerprint density at radius 2 is 1.30 bits per heavy atom. The van der Waals surface area contributed by atoms with Crippen LogP contribution in [-0.4, -0.2) is 11.6 Å². The van der Waals surface area contributed by atoms with Crippen molar-refractivity contribution < 1.29 is 9.59 Å². The third-order valence-corrected chi connectivity index (χ3v) is 4.50. The van der Waals surface area contributed by atoms with E-state index in [0.29, 0.717) is 23.1 Å². The van der Waals surface area contributed by atoms with Crippen LogP contribution < -0.4 is 0 Å². The highest BCUT2D eigenvalue weighted by molar-refractivity contribution is 6.36. The SMILES string of the molecule is C=C1c2ccccc2CC12C(=O)c1ccccc1C2=O. The molecule has 0 atom stereocenters. The molecular formula is C18H12O2. The third kappa shape index (κ3) is 1.10. The van der Waals surface area contributed by atoms with Crippen molar-refractivity contribution >= 4 is 17.1 Å². The maximum Gasteiger partial charge on any atom is 0.182 e. The average Bonchev–Trinajstić information content (AvgIpc) is 2.90. The van der Waals surface area contributed by atoms with E-state index in [0.717, 1.165) is 11.1 Å². The minimum absolute atomic E-state index is 0.0979. The molecule has 0 radical (unpaired) electrons. The first-order valence-corrected chi connectivity index (χ1v) is 6.62. The number of carbonyl (C=O) groups is 2. The molecule has 0 fully saturated rings. The summed E-state index contributed by atoms with van der Waals surface area (Å²) in [6, 6.07) is 14.8. The molecule has 2 aliphatic carbocycles. The molecule has 0 bridgehead atoms. The summed E-state index contributed by atoms with van der Waals surface area (Å²) in [5.41, 5.74) is 2.61. The Bertz CT molecular complexity index is 750. The molecule has 20 heavy (non-hydrogen) atoms. The Hall–Kier alpha value is -2.48. The van der Waals surface area contributed by atoms with Gasteiger partial charge in [-0.25, -0.2) is 0 Å². The van der Waals surface area contributed by atoms with Gasteiger partial charge in [0.1, 0.15) is 5.41 Å². The van der Waals surface area contributed by atoms with Gasteiger partial charge in [0.25, 0.3) is 0 Å². The average molecular weight is 260 g/mol. The summed E-state index contributed by atoms with van der Waals surface area (Å²) in [7, 11) is 0. The Labute approximate surface area is 116 Å². The molecule has 0 aliphatic heterocycles. The fourth-order valence-corrected chi connectivity index (χ4v) is 3.47. The van der Waals surface area contributed by atoms with E-state index in [1.807, 2.05) is 24.3 Å². The number of hydrogen-bond donors (Lipinski definition) is 0. The van der Waals surface area contributed by atoms with E-state index in [1.165, 1.54) is 0 Å². The topological polar surface area (TPSA) is 34.1 Å². The zero-order valence-electron chi connectivity index (χ0n) is 10.8. The standard InChI is InChI=1S/C18H12O2/c1-11-13-7-3-2-6-12(13)10-18(11)16(19)14-8-4-5-9-15(14)17(18)20/h2-9H,1,10H2. The van der Waals surface area contributed by atoms with E-state index in [4.69, 9.17) is 0 Å². The highest BCUT2D eigenvalue weighted by atomic mass is 16.2. The summed E-state index contributed by atoms with van der Waals surface area (Å²) in [4.78, 5) is 25.7. The molecule has 96 valence electrons. The first kappa shape index (κ1) is 11.4. The van der Waals surface area contributed by atoms with Crippen LogP contribution in [0.15, 0.2) is 55.1 Å². The van der Waals surface area contributed by atoms with Crippen LogP contribution in [0, 0.1) is 5.41 Å². The molecular weight excluding hydrogens is 248 g/mol. The van der Waals surface area contributed by atoms with Gasteiger partial charge in [-0.15, -0.1) is 0 Å². The van der Waals surface area contributed by atoms with Crippen LogP contribution in [0.3, 0.4) is 0 Å². The van der Waals surface area contributed by atoms with E-state index in [9.17, 15) is 9.59 Å². The van der Waals surface area contributed by atoms with Gasteiger partial charge in [0.05, 0.1) is 0 Å². The summed E-state index contributed by atoms with van der Waals surface area (Å²) in [6.07, 6.45) is 0.439. The predicted molar refractivity (Wildman–Crippen MR) is 76.7 cm³/mol. The van der Waals surface area contributed by atoms with Crippen molar-refractivity contribution in [1.29, 1.82) is 0 Å². The van der Waals surface area contributed by atoms with Crippen LogP contribution in [0.1, 0.15) is 31.8 Å².